The Balaban J connectivity index is 1.84. The third-order valence-electron chi connectivity index (χ3n) is 3.41. The smallest absolute Gasteiger partial charge is 0.218 e. The molecule has 1 unspecified atom stereocenters. The number of halogens is 1. The van der Waals surface area contributed by atoms with Gasteiger partial charge in [-0.1, -0.05) is 18.5 Å². The van der Waals surface area contributed by atoms with Gasteiger partial charge in [0.05, 0.1) is 6.61 Å². The molecule has 1 aliphatic heterocycles. The highest BCUT2D eigenvalue weighted by atomic mass is 35.5. The van der Waals surface area contributed by atoms with E-state index in [9.17, 15) is 0 Å². The van der Waals surface area contributed by atoms with Gasteiger partial charge in [-0.15, -0.1) is 0 Å². The van der Waals surface area contributed by atoms with E-state index < -0.39 is 0 Å². The van der Waals surface area contributed by atoms with Gasteiger partial charge in [0.1, 0.15) is 11.0 Å². The molecule has 0 N–H and O–H groups in total. The van der Waals surface area contributed by atoms with E-state index in [1.54, 1.807) is 6.07 Å². The summed E-state index contributed by atoms with van der Waals surface area (Å²) in [5.41, 5.74) is 0. The molecule has 18 heavy (non-hydrogen) atoms. The van der Waals surface area contributed by atoms with Gasteiger partial charge in [0.25, 0.3) is 0 Å². The average Bonchev–Trinajstić information content (AvgIpc) is 2.74. The summed E-state index contributed by atoms with van der Waals surface area (Å²) < 4.78 is 5.68. The molecule has 1 saturated heterocycles. The van der Waals surface area contributed by atoms with Gasteiger partial charge in [0.2, 0.25) is 5.88 Å². The number of rotatable bonds is 5. The predicted octanol–water partition coefficient (Wildman–Crippen LogP) is 2.56. The zero-order valence-electron chi connectivity index (χ0n) is 11.0. The Kier molecular flexibility index (Phi) is 4.78. The lowest BCUT2D eigenvalue weighted by Crippen LogP contribution is -2.26. The summed E-state index contributed by atoms with van der Waals surface area (Å²) in [5.74, 6) is 1.32. The third kappa shape index (κ3) is 3.56. The number of ether oxygens (including phenoxy) is 1. The first kappa shape index (κ1) is 13.6. The Morgan fingerprint density at radius 1 is 1.50 bits per heavy atom. The van der Waals surface area contributed by atoms with Crippen LogP contribution in [0.4, 0.5) is 0 Å². The highest BCUT2D eigenvalue weighted by molar-refractivity contribution is 6.29. The molecule has 0 spiro atoms. The maximum Gasteiger partial charge on any atom is 0.218 e. The molecule has 4 nitrogen and oxygen atoms in total. The number of aromatic nitrogens is 2. The minimum absolute atomic E-state index is 0.454. The Labute approximate surface area is 113 Å². The lowest BCUT2D eigenvalue weighted by atomic mass is 10.1. The zero-order valence-corrected chi connectivity index (χ0v) is 11.8. The van der Waals surface area contributed by atoms with E-state index in [-0.39, 0.29) is 0 Å². The molecule has 0 saturated carbocycles. The van der Waals surface area contributed by atoms with Crippen molar-refractivity contribution in [3.63, 3.8) is 0 Å². The van der Waals surface area contributed by atoms with E-state index in [4.69, 9.17) is 16.3 Å². The van der Waals surface area contributed by atoms with E-state index >= 15 is 0 Å². The van der Waals surface area contributed by atoms with Gasteiger partial charge in [-0.3, -0.25) is 0 Å². The Hall–Kier alpha value is -0.870. The van der Waals surface area contributed by atoms with Crippen LogP contribution in [-0.4, -0.2) is 41.1 Å². The number of hydrogen-bond acceptors (Lipinski definition) is 4. The summed E-state index contributed by atoms with van der Waals surface area (Å²) in [6.07, 6.45) is 4.37. The number of aryl methyl sites for hydroxylation is 1. The van der Waals surface area contributed by atoms with Crippen molar-refractivity contribution < 1.29 is 4.74 Å². The van der Waals surface area contributed by atoms with Crippen LogP contribution in [0.2, 0.25) is 5.15 Å². The second-order valence-corrected chi connectivity index (χ2v) is 5.10. The quantitative estimate of drug-likeness (QED) is 0.770. The maximum atomic E-state index is 5.92. The lowest BCUT2D eigenvalue weighted by molar-refractivity contribution is 0.228. The molecular formula is C13H20ClN3O. The molecule has 0 aliphatic carbocycles. The Morgan fingerprint density at radius 2 is 2.33 bits per heavy atom. The highest BCUT2D eigenvalue weighted by Crippen LogP contribution is 2.19. The summed E-state index contributed by atoms with van der Waals surface area (Å²) in [5, 5.41) is 0.454. The second-order valence-electron chi connectivity index (χ2n) is 4.71. The monoisotopic (exact) mass is 269 g/mol. The van der Waals surface area contributed by atoms with Crippen molar-refractivity contribution in [2.45, 2.75) is 38.6 Å². The van der Waals surface area contributed by atoms with E-state index in [0.29, 0.717) is 23.7 Å². The predicted molar refractivity (Wildman–Crippen MR) is 72.2 cm³/mol. The van der Waals surface area contributed by atoms with Gasteiger partial charge < -0.3 is 9.64 Å². The second kappa shape index (κ2) is 6.34. The first-order chi connectivity index (χ1) is 8.69. The van der Waals surface area contributed by atoms with E-state index in [0.717, 1.165) is 18.7 Å². The van der Waals surface area contributed by atoms with Crippen molar-refractivity contribution in [1.82, 2.24) is 14.9 Å². The van der Waals surface area contributed by atoms with Gasteiger partial charge in [-0.05, 0) is 32.9 Å². The molecule has 1 aromatic heterocycles. The summed E-state index contributed by atoms with van der Waals surface area (Å²) in [6, 6.07) is 2.33. The maximum absolute atomic E-state index is 5.92. The fourth-order valence-corrected chi connectivity index (χ4v) is 2.51. The number of hydrogen-bond donors (Lipinski definition) is 0. The summed E-state index contributed by atoms with van der Waals surface area (Å²) in [6.45, 7) is 3.89. The fourth-order valence-electron chi connectivity index (χ4n) is 2.32. The van der Waals surface area contributed by atoms with Crippen molar-refractivity contribution in [2.24, 2.45) is 0 Å². The van der Waals surface area contributed by atoms with Crippen LogP contribution < -0.4 is 4.74 Å². The van der Waals surface area contributed by atoms with Crippen LogP contribution >= 0.6 is 11.6 Å². The molecule has 0 bridgehead atoms. The molecule has 2 rings (SSSR count). The van der Waals surface area contributed by atoms with Crippen LogP contribution in [0.3, 0.4) is 0 Å². The van der Waals surface area contributed by atoms with Crippen LogP contribution in [-0.2, 0) is 6.42 Å². The summed E-state index contributed by atoms with van der Waals surface area (Å²) >= 11 is 5.92. The first-order valence-corrected chi connectivity index (χ1v) is 6.93. The number of nitrogens with zero attached hydrogens (tertiary/aromatic N) is 3. The molecule has 1 aromatic rings. The van der Waals surface area contributed by atoms with Crippen molar-refractivity contribution in [3.05, 3.63) is 17.0 Å². The zero-order chi connectivity index (χ0) is 13.0. The van der Waals surface area contributed by atoms with Crippen LogP contribution in [0.1, 0.15) is 32.0 Å². The standard InChI is InChI=1S/C13H20ClN3O/c1-3-12-15-11(14)9-13(16-12)18-8-6-10-5-4-7-17(10)2/h9-10H,3-8H2,1-2H3. The highest BCUT2D eigenvalue weighted by Gasteiger charge is 2.20. The van der Waals surface area contributed by atoms with Gasteiger partial charge >= 0.3 is 0 Å². The van der Waals surface area contributed by atoms with Crippen LogP contribution in [0.15, 0.2) is 6.07 Å². The van der Waals surface area contributed by atoms with Gasteiger partial charge in [0, 0.05) is 18.5 Å². The van der Waals surface area contributed by atoms with Gasteiger partial charge in [-0.25, -0.2) is 4.98 Å². The molecule has 0 radical (unpaired) electrons. The van der Waals surface area contributed by atoms with E-state index in [1.165, 1.54) is 19.4 Å². The van der Waals surface area contributed by atoms with Crippen LogP contribution in [0, 0.1) is 0 Å². The average molecular weight is 270 g/mol. The molecule has 0 aromatic carbocycles. The van der Waals surface area contributed by atoms with E-state index in [1.807, 2.05) is 6.92 Å². The molecule has 1 atom stereocenters. The van der Waals surface area contributed by atoms with Crippen LogP contribution in [0.5, 0.6) is 5.88 Å². The normalized spacial score (nSPS) is 20.3. The molecule has 5 heteroatoms. The lowest BCUT2D eigenvalue weighted by Gasteiger charge is -2.19. The Morgan fingerprint density at radius 3 is 3.00 bits per heavy atom. The Bertz CT molecular complexity index is 400. The molecule has 100 valence electrons. The first-order valence-electron chi connectivity index (χ1n) is 6.55. The minimum atomic E-state index is 0.454. The van der Waals surface area contributed by atoms with Gasteiger partial charge in [0.15, 0.2) is 0 Å². The van der Waals surface area contributed by atoms with Crippen molar-refractivity contribution in [2.75, 3.05) is 20.2 Å². The minimum Gasteiger partial charge on any atom is -0.477 e. The van der Waals surface area contributed by atoms with Crippen molar-refractivity contribution in [3.8, 4) is 5.88 Å². The third-order valence-corrected chi connectivity index (χ3v) is 3.60. The number of likely N-dealkylation sites (tertiary alicyclic amines) is 1. The van der Waals surface area contributed by atoms with E-state index in [2.05, 4.69) is 21.9 Å². The van der Waals surface area contributed by atoms with Gasteiger partial charge in [-0.2, -0.15) is 4.98 Å². The molecule has 0 amide bonds. The fraction of sp³-hybridized carbons (Fsp3) is 0.692. The molecule has 2 heterocycles. The SMILES string of the molecule is CCc1nc(Cl)cc(OCCC2CCCN2C)n1. The van der Waals surface area contributed by atoms with Crippen LogP contribution in [0.25, 0.3) is 0 Å². The van der Waals surface area contributed by atoms with Crippen molar-refractivity contribution >= 4 is 11.6 Å². The van der Waals surface area contributed by atoms with Crippen molar-refractivity contribution in [1.29, 1.82) is 0 Å². The molecule has 1 fully saturated rings. The topological polar surface area (TPSA) is 38.2 Å². The molecular weight excluding hydrogens is 250 g/mol. The summed E-state index contributed by atoms with van der Waals surface area (Å²) in [7, 11) is 2.18. The molecule has 1 aliphatic rings. The largest absolute Gasteiger partial charge is 0.477 e. The summed E-state index contributed by atoms with van der Waals surface area (Å²) in [4.78, 5) is 10.8.